The average Bonchev–Trinajstić information content (AvgIpc) is 2.79. The summed E-state index contributed by atoms with van der Waals surface area (Å²) in [6, 6.07) is 20.0. The molecule has 0 bridgehead atoms. The van der Waals surface area contributed by atoms with Crippen LogP contribution in [0.2, 0.25) is 0 Å². The van der Waals surface area contributed by atoms with Crippen molar-refractivity contribution in [1.82, 2.24) is 0 Å². The molecule has 0 heterocycles. The van der Waals surface area contributed by atoms with Crippen LogP contribution in [0.15, 0.2) is 83.8 Å². The zero-order chi connectivity index (χ0) is 23.0. The van der Waals surface area contributed by atoms with Crippen molar-refractivity contribution in [3.63, 3.8) is 0 Å². The van der Waals surface area contributed by atoms with Gasteiger partial charge in [-0.1, -0.05) is 24.3 Å². The summed E-state index contributed by atoms with van der Waals surface area (Å²) in [4.78, 5) is 12.2. The molecule has 0 aliphatic carbocycles. The molecule has 0 atom stereocenters. The zero-order valence-electron chi connectivity index (χ0n) is 17.7. The number of anilines is 2. The van der Waals surface area contributed by atoms with Crippen molar-refractivity contribution in [1.29, 1.82) is 0 Å². The monoisotopic (exact) mass is 452 g/mol. The average molecular weight is 453 g/mol. The fourth-order valence-electron chi connectivity index (χ4n) is 2.85. The number of hydrogen-bond donors (Lipinski definition) is 2. The van der Waals surface area contributed by atoms with Crippen LogP contribution in [0.3, 0.4) is 0 Å². The summed E-state index contributed by atoms with van der Waals surface area (Å²) in [6.45, 7) is 2.48. The lowest BCUT2D eigenvalue weighted by Crippen LogP contribution is -2.13. The number of methoxy groups -OCH3 is 1. The molecule has 3 aromatic rings. The van der Waals surface area contributed by atoms with Crippen molar-refractivity contribution >= 4 is 33.4 Å². The molecule has 0 unspecified atom stereocenters. The second-order valence-electron chi connectivity index (χ2n) is 6.65. The summed E-state index contributed by atoms with van der Waals surface area (Å²) in [5.41, 5.74) is 1.68. The normalized spacial score (nSPS) is 11.2. The summed E-state index contributed by atoms with van der Waals surface area (Å²) >= 11 is 0. The van der Waals surface area contributed by atoms with Gasteiger partial charge in [0.25, 0.3) is 10.0 Å². The van der Waals surface area contributed by atoms with Gasteiger partial charge in [0.15, 0.2) is 0 Å². The van der Waals surface area contributed by atoms with Gasteiger partial charge in [-0.15, -0.1) is 0 Å². The van der Waals surface area contributed by atoms with Crippen LogP contribution in [-0.4, -0.2) is 28.0 Å². The van der Waals surface area contributed by atoms with E-state index in [2.05, 4.69) is 10.0 Å². The Bertz CT molecular complexity index is 1190. The molecule has 32 heavy (non-hydrogen) atoms. The minimum absolute atomic E-state index is 0.0967. The van der Waals surface area contributed by atoms with Crippen molar-refractivity contribution in [2.45, 2.75) is 11.8 Å². The largest absolute Gasteiger partial charge is 0.495 e. The summed E-state index contributed by atoms with van der Waals surface area (Å²) in [7, 11) is -2.31. The van der Waals surface area contributed by atoms with Gasteiger partial charge < -0.3 is 14.8 Å². The lowest BCUT2D eigenvalue weighted by molar-refractivity contribution is -0.111. The van der Waals surface area contributed by atoms with E-state index < -0.39 is 10.0 Å². The molecule has 0 aliphatic heterocycles. The van der Waals surface area contributed by atoms with Gasteiger partial charge in [-0.25, -0.2) is 8.42 Å². The second kappa shape index (κ2) is 10.5. The van der Waals surface area contributed by atoms with E-state index in [0.717, 1.165) is 5.75 Å². The van der Waals surface area contributed by atoms with E-state index in [1.807, 2.05) is 6.92 Å². The van der Waals surface area contributed by atoms with Crippen molar-refractivity contribution in [2.75, 3.05) is 23.8 Å². The van der Waals surface area contributed by atoms with E-state index in [1.54, 1.807) is 66.7 Å². The quantitative estimate of drug-likeness (QED) is 0.465. The number of sulfonamides is 1. The van der Waals surface area contributed by atoms with Crippen molar-refractivity contribution in [3.05, 3.63) is 84.4 Å². The lowest BCUT2D eigenvalue weighted by Gasteiger charge is -2.11. The number of rotatable bonds is 9. The third kappa shape index (κ3) is 6.12. The minimum atomic E-state index is -3.79. The summed E-state index contributed by atoms with van der Waals surface area (Å²) in [5, 5.41) is 2.76. The molecule has 0 aromatic heterocycles. The van der Waals surface area contributed by atoms with Gasteiger partial charge >= 0.3 is 0 Å². The fraction of sp³-hybridized carbons (Fsp3) is 0.125. The fourth-order valence-corrected chi connectivity index (χ4v) is 3.92. The predicted molar refractivity (Wildman–Crippen MR) is 126 cm³/mol. The highest BCUT2D eigenvalue weighted by Crippen LogP contribution is 2.26. The van der Waals surface area contributed by atoms with Gasteiger partial charge in [-0.05, 0) is 67.1 Å². The van der Waals surface area contributed by atoms with E-state index in [9.17, 15) is 13.2 Å². The number of carbonyl (C=O) groups excluding carboxylic acids is 1. The van der Waals surface area contributed by atoms with Crippen LogP contribution < -0.4 is 19.5 Å². The first-order valence-corrected chi connectivity index (χ1v) is 11.4. The van der Waals surface area contributed by atoms with Crippen LogP contribution in [-0.2, 0) is 14.8 Å². The lowest BCUT2D eigenvalue weighted by atomic mass is 10.2. The molecular formula is C24H24N2O5S. The highest BCUT2D eigenvalue weighted by Gasteiger charge is 2.16. The molecule has 7 nitrogen and oxygen atoms in total. The molecule has 3 aromatic carbocycles. The standard InChI is InChI=1S/C24H24N2O5S/c1-3-31-20-13-11-19(12-14-20)25-24(27)17-10-18-8-15-21(16-9-18)32(28,29)26-22-6-4-5-7-23(22)30-2/h4-17,26H,3H2,1-2H3,(H,25,27)/b17-10+. The van der Waals surface area contributed by atoms with Crippen molar-refractivity contribution < 1.29 is 22.7 Å². The number of hydrogen-bond acceptors (Lipinski definition) is 5. The molecule has 0 spiro atoms. The SMILES string of the molecule is CCOc1ccc(NC(=O)/C=C/c2ccc(S(=O)(=O)Nc3ccccc3OC)cc2)cc1. The maximum atomic E-state index is 12.7. The van der Waals surface area contributed by atoms with Gasteiger partial charge in [0.1, 0.15) is 11.5 Å². The number of ether oxygens (including phenoxy) is 2. The summed E-state index contributed by atoms with van der Waals surface area (Å²) in [6.07, 6.45) is 2.99. The molecular weight excluding hydrogens is 428 g/mol. The van der Waals surface area contributed by atoms with Gasteiger partial charge in [-0.3, -0.25) is 9.52 Å². The van der Waals surface area contributed by atoms with Gasteiger partial charge in [0.2, 0.25) is 5.91 Å². The first-order chi connectivity index (χ1) is 15.4. The number of amides is 1. The van der Waals surface area contributed by atoms with E-state index in [-0.39, 0.29) is 10.8 Å². The molecule has 0 saturated heterocycles. The van der Waals surface area contributed by atoms with Crippen LogP contribution in [0.4, 0.5) is 11.4 Å². The highest BCUT2D eigenvalue weighted by molar-refractivity contribution is 7.92. The zero-order valence-corrected chi connectivity index (χ0v) is 18.6. The molecule has 3 rings (SSSR count). The number of para-hydroxylation sites is 2. The second-order valence-corrected chi connectivity index (χ2v) is 8.34. The van der Waals surface area contributed by atoms with Gasteiger partial charge in [0.05, 0.1) is 24.3 Å². The Labute approximate surface area is 187 Å². The molecule has 2 N–H and O–H groups in total. The first-order valence-electron chi connectivity index (χ1n) is 9.89. The van der Waals surface area contributed by atoms with Crippen LogP contribution in [0.5, 0.6) is 11.5 Å². The summed E-state index contributed by atoms with van der Waals surface area (Å²) < 4.78 is 38.4. The number of benzene rings is 3. The smallest absolute Gasteiger partial charge is 0.262 e. The Balaban J connectivity index is 1.63. The van der Waals surface area contributed by atoms with Crippen molar-refractivity contribution in [2.24, 2.45) is 0 Å². The number of nitrogens with one attached hydrogen (secondary N) is 2. The molecule has 166 valence electrons. The minimum Gasteiger partial charge on any atom is -0.495 e. The topological polar surface area (TPSA) is 93.7 Å². The third-order valence-electron chi connectivity index (χ3n) is 4.40. The van der Waals surface area contributed by atoms with Crippen LogP contribution in [0.25, 0.3) is 6.08 Å². The maximum Gasteiger partial charge on any atom is 0.262 e. The van der Waals surface area contributed by atoms with E-state index in [1.165, 1.54) is 25.3 Å². The van der Waals surface area contributed by atoms with Crippen LogP contribution in [0.1, 0.15) is 12.5 Å². The third-order valence-corrected chi connectivity index (χ3v) is 5.78. The first kappa shape index (κ1) is 22.9. The Morgan fingerprint density at radius 1 is 0.969 bits per heavy atom. The van der Waals surface area contributed by atoms with Gasteiger partial charge in [0, 0.05) is 11.8 Å². The maximum absolute atomic E-state index is 12.7. The highest BCUT2D eigenvalue weighted by atomic mass is 32.2. The predicted octanol–water partition coefficient (Wildman–Crippen LogP) is 4.55. The molecule has 0 fully saturated rings. The Morgan fingerprint density at radius 2 is 1.66 bits per heavy atom. The van der Waals surface area contributed by atoms with Crippen molar-refractivity contribution in [3.8, 4) is 11.5 Å². The summed E-state index contributed by atoms with van der Waals surface area (Å²) in [5.74, 6) is 0.856. The molecule has 0 aliphatic rings. The Morgan fingerprint density at radius 3 is 2.31 bits per heavy atom. The van der Waals surface area contributed by atoms with E-state index >= 15 is 0 Å². The Kier molecular flexibility index (Phi) is 7.51. The number of carbonyl (C=O) groups is 1. The molecule has 1 amide bonds. The molecule has 8 heteroatoms. The van der Waals surface area contributed by atoms with Gasteiger partial charge in [-0.2, -0.15) is 0 Å². The van der Waals surface area contributed by atoms with E-state index in [0.29, 0.717) is 29.3 Å². The Hall–Kier alpha value is -3.78. The molecule has 0 saturated carbocycles. The molecule has 0 radical (unpaired) electrons. The van der Waals surface area contributed by atoms with Crippen LogP contribution in [0, 0.1) is 0 Å². The van der Waals surface area contributed by atoms with Crippen LogP contribution >= 0.6 is 0 Å². The van der Waals surface area contributed by atoms with E-state index in [4.69, 9.17) is 9.47 Å².